The smallest absolute Gasteiger partial charge is 0.339 e. The number of halogens is 3. The van der Waals surface area contributed by atoms with Gasteiger partial charge in [0.25, 0.3) is 5.56 Å². The first kappa shape index (κ1) is 17.6. The van der Waals surface area contributed by atoms with Crippen LogP contribution in [0.1, 0.15) is 11.6 Å². The highest BCUT2D eigenvalue weighted by Crippen LogP contribution is 2.32. The van der Waals surface area contributed by atoms with E-state index in [0.717, 1.165) is 10.9 Å². The first-order valence-electron chi connectivity index (χ1n) is 7.57. The number of rotatable bonds is 4. The molecule has 2 heterocycles. The zero-order chi connectivity index (χ0) is 18.7. The molecule has 9 heteroatoms. The second-order valence-electron chi connectivity index (χ2n) is 5.52. The van der Waals surface area contributed by atoms with Gasteiger partial charge < -0.3 is 5.32 Å². The maximum atomic E-state index is 13.3. The summed E-state index contributed by atoms with van der Waals surface area (Å²) in [6.45, 7) is -0.628. The van der Waals surface area contributed by atoms with Gasteiger partial charge in [0.15, 0.2) is 6.04 Å². The lowest BCUT2D eigenvalue weighted by Crippen LogP contribution is -2.41. The van der Waals surface area contributed by atoms with Crippen molar-refractivity contribution in [1.29, 1.82) is 0 Å². The minimum atomic E-state index is -4.71. The van der Waals surface area contributed by atoms with Crippen molar-refractivity contribution in [3.8, 4) is 0 Å². The summed E-state index contributed by atoms with van der Waals surface area (Å²) in [6.07, 6.45) is -0.969. The maximum absolute atomic E-state index is 13.3. The number of pyridine rings is 1. The van der Waals surface area contributed by atoms with Crippen LogP contribution in [0, 0.1) is 0 Å². The highest BCUT2D eigenvalue weighted by molar-refractivity contribution is 5.81. The normalized spacial score (nSPS) is 12.7. The number of benzene rings is 1. The number of nitrogens with one attached hydrogen (secondary N) is 1. The number of carbonyl (C=O) groups is 1. The molecular weight excluding hydrogens is 349 g/mol. The summed E-state index contributed by atoms with van der Waals surface area (Å²) in [7, 11) is 0. The first-order chi connectivity index (χ1) is 12.4. The summed E-state index contributed by atoms with van der Waals surface area (Å²) < 4.78 is 40.6. The molecule has 2 aromatic heterocycles. The van der Waals surface area contributed by atoms with E-state index in [9.17, 15) is 22.8 Å². The lowest BCUT2D eigenvalue weighted by Gasteiger charge is -2.21. The fourth-order valence-corrected chi connectivity index (χ4v) is 2.48. The standard InChI is InChI=1S/C17H13F3N4O2/c18-17(19,20)15(12-5-3-7-21-8-12)23-14(25)10-24-16(26)13-6-2-1-4-11(13)9-22-24/h1-9,15H,10H2,(H,23,25)/t15-/m1/s1. The molecule has 1 atom stereocenters. The third-order valence-corrected chi connectivity index (χ3v) is 3.71. The lowest BCUT2D eigenvalue weighted by atomic mass is 10.1. The number of carbonyl (C=O) groups excluding carboxylic acids is 1. The van der Waals surface area contributed by atoms with E-state index in [1.807, 2.05) is 5.32 Å². The van der Waals surface area contributed by atoms with E-state index >= 15 is 0 Å². The van der Waals surface area contributed by atoms with Crippen LogP contribution >= 0.6 is 0 Å². The van der Waals surface area contributed by atoms with Gasteiger partial charge in [-0.3, -0.25) is 14.6 Å². The summed E-state index contributed by atoms with van der Waals surface area (Å²) in [5.74, 6) is -0.985. The predicted molar refractivity (Wildman–Crippen MR) is 87.2 cm³/mol. The Morgan fingerprint density at radius 1 is 1.15 bits per heavy atom. The highest BCUT2D eigenvalue weighted by atomic mass is 19.4. The molecular formula is C17H13F3N4O2. The fourth-order valence-electron chi connectivity index (χ4n) is 2.48. The number of fused-ring (bicyclic) bond motifs is 1. The predicted octanol–water partition coefficient (Wildman–Crippen LogP) is 2.21. The van der Waals surface area contributed by atoms with Crippen LogP contribution in [0.5, 0.6) is 0 Å². The van der Waals surface area contributed by atoms with Gasteiger partial charge in [0.1, 0.15) is 6.54 Å². The molecule has 1 N–H and O–H groups in total. The van der Waals surface area contributed by atoms with Crippen LogP contribution in [0.15, 0.2) is 59.8 Å². The van der Waals surface area contributed by atoms with Gasteiger partial charge in [-0.25, -0.2) is 4.68 Å². The highest BCUT2D eigenvalue weighted by Gasteiger charge is 2.42. The molecule has 26 heavy (non-hydrogen) atoms. The molecule has 0 bridgehead atoms. The van der Waals surface area contributed by atoms with E-state index in [-0.39, 0.29) is 5.56 Å². The Balaban J connectivity index is 1.83. The molecule has 0 spiro atoms. The molecule has 1 amide bonds. The Kier molecular flexibility index (Phi) is 4.70. The molecule has 3 rings (SSSR count). The van der Waals surface area contributed by atoms with Gasteiger partial charge in [0.05, 0.1) is 11.6 Å². The van der Waals surface area contributed by atoms with Gasteiger partial charge in [-0.1, -0.05) is 24.3 Å². The second kappa shape index (κ2) is 6.95. The number of nitrogens with zero attached hydrogens (tertiary/aromatic N) is 3. The minimum absolute atomic E-state index is 0.202. The van der Waals surface area contributed by atoms with Crippen molar-refractivity contribution in [2.75, 3.05) is 0 Å². The van der Waals surface area contributed by atoms with Gasteiger partial charge >= 0.3 is 6.18 Å². The molecule has 0 aliphatic rings. The first-order valence-corrected chi connectivity index (χ1v) is 7.57. The van der Waals surface area contributed by atoms with Gasteiger partial charge in [-0.15, -0.1) is 0 Å². The fraction of sp³-hybridized carbons (Fsp3) is 0.176. The SMILES string of the molecule is O=C(Cn1ncc2ccccc2c1=O)N[C@H](c1cccnc1)C(F)(F)F. The summed E-state index contributed by atoms with van der Waals surface area (Å²) in [5, 5.41) is 6.64. The van der Waals surface area contributed by atoms with Crippen LogP contribution < -0.4 is 10.9 Å². The molecule has 0 saturated carbocycles. The van der Waals surface area contributed by atoms with Crippen molar-refractivity contribution in [1.82, 2.24) is 20.1 Å². The zero-order valence-corrected chi connectivity index (χ0v) is 13.3. The summed E-state index contributed by atoms with van der Waals surface area (Å²) in [4.78, 5) is 28.0. The van der Waals surface area contributed by atoms with Gasteiger partial charge in [0, 0.05) is 23.3 Å². The summed E-state index contributed by atoms with van der Waals surface area (Å²) in [5.41, 5.74) is -0.754. The molecule has 0 unspecified atom stereocenters. The van der Waals surface area contributed by atoms with Gasteiger partial charge in [0.2, 0.25) is 5.91 Å². The van der Waals surface area contributed by atoms with E-state index in [2.05, 4.69) is 10.1 Å². The molecule has 0 fully saturated rings. The number of hydrogen-bond acceptors (Lipinski definition) is 4. The third kappa shape index (κ3) is 3.71. The van der Waals surface area contributed by atoms with Crippen molar-refractivity contribution < 1.29 is 18.0 Å². The van der Waals surface area contributed by atoms with E-state index in [1.165, 1.54) is 24.5 Å². The average molecular weight is 362 g/mol. The average Bonchev–Trinajstić information content (AvgIpc) is 2.62. The molecule has 0 saturated heterocycles. The topological polar surface area (TPSA) is 76.9 Å². The summed E-state index contributed by atoms with van der Waals surface area (Å²) in [6, 6.07) is 6.94. The lowest BCUT2D eigenvalue weighted by molar-refractivity contribution is -0.163. The Labute approximate surface area is 145 Å². The van der Waals surface area contributed by atoms with Gasteiger partial charge in [-0.2, -0.15) is 18.3 Å². The van der Waals surface area contributed by atoms with Gasteiger partial charge in [-0.05, 0) is 12.1 Å². The van der Waals surface area contributed by atoms with Crippen molar-refractivity contribution in [2.24, 2.45) is 0 Å². The number of aromatic nitrogens is 3. The Bertz CT molecular complexity index is 986. The monoisotopic (exact) mass is 362 g/mol. The molecule has 0 radical (unpaired) electrons. The summed E-state index contributed by atoms with van der Waals surface area (Å²) >= 11 is 0. The molecule has 3 aromatic rings. The van der Waals surface area contributed by atoms with Crippen LogP contribution in [0.3, 0.4) is 0 Å². The minimum Gasteiger partial charge on any atom is -0.339 e. The van der Waals surface area contributed by atoms with Crippen molar-refractivity contribution in [2.45, 2.75) is 18.8 Å². The van der Waals surface area contributed by atoms with Crippen molar-refractivity contribution >= 4 is 16.7 Å². The van der Waals surface area contributed by atoms with E-state index in [0.29, 0.717) is 10.8 Å². The molecule has 0 aliphatic carbocycles. The molecule has 134 valence electrons. The quantitative estimate of drug-likeness (QED) is 0.772. The van der Waals surface area contributed by atoms with E-state index < -0.39 is 30.2 Å². The molecule has 6 nitrogen and oxygen atoms in total. The van der Waals surface area contributed by atoms with E-state index in [1.54, 1.807) is 24.3 Å². The van der Waals surface area contributed by atoms with Crippen molar-refractivity contribution in [3.05, 3.63) is 70.9 Å². The Hall–Kier alpha value is -3.23. The van der Waals surface area contributed by atoms with Crippen LogP contribution in [-0.4, -0.2) is 26.8 Å². The zero-order valence-electron chi connectivity index (χ0n) is 13.3. The maximum Gasteiger partial charge on any atom is 0.412 e. The Morgan fingerprint density at radius 3 is 2.62 bits per heavy atom. The van der Waals surface area contributed by atoms with Crippen LogP contribution in [-0.2, 0) is 11.3 Å². The molecule has 0 aliphatic heterocycles. The number of alkyl halides is 3. The molecule has 1 aromatic carbocycles. The van der Waals surface area contributed by atoms with Crippen LogP contribution in [0.2, 0.25) is 0 Å². The third-order valence-electron chi connectivity index (χ3n) is 3.71. The van der Waals surface area contributed by atoms with Crippen LogP contribution in [0.4, 0.5) is 13.2 Å². The number of hydrogen-bond donors (Lipinski definition) is 1. The number of amides is 1. The van der Waals surface area contributed by atoms with Crippen molar-refractivity contribution in [3.63, 3.8) is 0 Å². The Morgan fingerprint density at radius 2 is 1.92 bits per heavy atom. The van der Waals surface area contributed by atoms with Crippen LogP contribution in [0.25, 0.3) is 10.8 Å². The largest absolute Gasteiger partial charge is 0.412 e. The van der Waals surface area contributed by atoms with E-state index in [4.69, 9.17) is 0 Å². The second-order valence-corrected chi connectivity index (χ2v) is 5.52.